The molecule has 0 fully saturated rings. The molecule has 0 aliphatic carbocycles. The van der Waals surface area contributed by atoms with Gasteiger partial charge in [-0.25, -0.2) is 8.42 Å². The zero-order valence-corrected chi connectivity index (χ0v) is 11.4. The number of nitrogens with one attached hydrogen (secondary N) is 1. The van der Waals surface area contributed by atoms with Gasteiger partial charge in [-0.2, -0.15) is 0 Å². The van der Waals surface area contributed by atoms with Crippen LogP contribution in [0.4, 0.5) is 0 Å². The first-order valence-corrected chi connectivity index (χ1v) is 7.60. The van der Waals surface area contributed by atoms with Gasteiger partial charge in [-0.05, 0) is 25.5 Å². The van der Waals surface area contributed by atoms with Crippen molar-refractivity contribution in [2.45, 2.75) is 33.4 Å². The van der Waals surface area contributed by atoms with Gasteiger partial charge in [0.25, 0.3) is 0 Å². The Kier molecular flexibility index (Phi) is 5.08. The van der Waals surface area contributed by atoms with Crippen LogP contribution in [0.15, 0.2) is 18.3 Å². The summed E-state index contributed by atoms with van der Waals surface area (Å²) in [5, 5.41) is 3.19. The van der Waals surface area contributed by atoms with Crippen molar-refractivity contribution < 1.29 is 8.42 Å². The number of aryl methyl sites for hydroxylation is 1. The number of nitrogens with zero attached hydrogens (tertiary/aromatic N) is 1. The molecule has 5 heteroatoms. The summed E-state index contributed by atoms with van der Waals surface area (Å²) in [4.78, 5) is 4.19. The summed E-state index contributed by atoms with van der Waals surface area (Å²) in [6.07, 6.45) is 1.81. The Hall–Kier alpha value is -0.940. The third kappa shape index (κ3) is 5.28. The Balaban J connectivity index is 2.43. The lowest BCUT2D eigenvalue weighted by molar-refractivity contribution is 0.557. The van der Waals surface area contributed by atoms with E-state index in [2.05, 4.69) is 10.3 Å². The second kappa shape index (κ2) is 6.12. The Morgan fingerprint density at radius 1 is 1.41 bits per heavy atom. The molecule has 96 valence electrons. The first-order chi connectivity index (χ1) is 7.93. The fourth-order valence-electron chi connectivity index (χ4n) is 1.45. The molecule has 1 aromatic heterocycles. The van der Waals surface area contributed by atoms with Crippen LogP contribution in [0.2, 0.25) is 0 Å². The number of hydrogen-bond donors (Lipinski definition) is 1. The minimum Gasteiger partial charge on any atom is -0.309 e. The fraction of sp³-hybridized carbons (Fsp3) is 0.583. The molecule has 0 radical (unpaired) electrons. The van der Waals surface area contributed by atoms with Gasteiger partial charge in [0.15, 0.2) is 9.84 Å². The molecule has 0 aliphatic rings. The van der Waals surface area contributed by atoms with Gasteiger partial charge in [-0.1, -0.05) is 13.0 Å². The lowest BCUT2D eigenvalue weighted by Gasteiger charge is -2.13. The molecule has 1 heterocycles. The van der Waals surface area contributed by atoms with E-state index in [0.717, 1.165) is 11.3 Å². The van der Waals surface area contributed by atoms with Crippen molar-refractivity contribution in [3.8, 4) is 0 Å². The SMILES string of the molecule is CCS(=O)(=O)CC(C)NCc1ccc(C)nc1. The molecule has 4 nitrogen and oxygen atoms in total. The van der Waals surface area contributed by atoms with Crippen LogP contribution < -0.4 is 5.32 Å². The van der Waals surface area contributed by atoms with Gasteiger partial charge in [-0.15, -0.1) is 0 Å². The van der Waals surface area contributed by atoms with Crippen molar-refractivity contribution in [3.05, 3.63) is 29.6 Å². The van der Waals surface area contributed by atoms with Gasteiger partial charge in [0, 0.05) is 30.2 Å². The highest BCUT2D eigenvalue weighted by Gasteiger charge is 2.12. The Morgan fingerprint density at radius 3 is 2.65 bits per heavy atom. The van der Waals surface area contributed by atoms with Gasteiger partial charge < -0.3 is 5.32 Å². The first kappa shape index (κ1) is 14.1. The van der Waals surface area contributed by atoms with Crippen LogP contribution in [0.25, 0.3) is 0 Å². The van der Waals surface area contributed by atoms with Crippen molar-refractivity contribution in [2.75, 3.05) is 11.5 Å². The van der Waals surface area contributed by atoms with Crippen LogP contribution in [-0.2, 0) is 16.4 Å². The zero-order valence-electron chi connectivity index (χ0n) is 10.6. The summed E-state index contributed by atoms with van der Waals surface area (Å²) in [7, 11) is -2.91. The number of aromatic nitrogens is 1. The van der Waals surface area contributed by atoms with Gasteiger partial charge in [0.2, 0.25) is 0 Å². The molecular formula is C12H20N2O2S. The standard InChI is InChI=1S/C12H20N2O2S/c1-4-17(15,16)9-11(3)14-8-12-6-5-10(2)13-7-12/h5-7,11,14H,4,8-9H2,1-3H3. The van der Waals surface area contributed by atoms with E-state index in [4.69, 9.17) is 0 Å². The summed E-state index contributed by atoms with van der Waals surface area (Å²) in [5.41, 5.74) is 2.05. The van der Waals surface area contributed by atoms with Gasteiger partial charge in [-0.3, -0.25) is 4.98 Å². The minimum absolute atomic E-state index is 0.0405. The quantitative estimate of drug-likeness (QED) is 0.833. The number of sulfone groups is 1. The van der Waals surface area contributed by atoms with E-state index >= 15 is 0 Å². The predicted molar refractivity (Wildman–Crippen MR) is 69.6 cm³/mol. The summed E-state index contributed by atoms with van der Waals surface area (Å²) < 4.78 is 22.8. The molecule has 0 aromatic carbocycles. The van der Waals surface area contributed by atoms with Crippen molar-refractivity contribution in [2.24, 2.45) is 0 Å². The van der Waals surface area contributed by atoms with E-state index in [1.807, 2.05) is 32.2 Å². The summed E-state index contributed by atoms with van der Waals surface area (Å²) in [6, 6.07) is 3.90. The Labute approximate surface area is 103 Å². The average Bonchev–Trinajstić information content (AvgIpc) is 2.28. The van der Waals surface area contributed by atoms with E-state index in [1.54, 1.807) is 6.92 Å². The predicted octanol–water partition coefficient (Wildman–Crippen LogP) is 1.30. The van der Waals surface area contributed by atoms with Crippen molar-refractivity contribution in [1.29, 1.82) is 0 Å². The highest BCUT2D eigenvalue weighted by atomic mass is 32.2. The normalized spacial score (nSPS) is 13.6. The van der Waals surface area contributed by atoms with E-state index in [1.165, 1.54) is 0 Å². The molecule has 0 aliphatic heterocycles. The third-order valence-corrected chi connectivity index (χ3v) is 4.46. The summed E-state index contributed by atoms with van der Waals surface area (Å²) in [6.45, 7) is 6.14. The maximum absolute atomic E-state index is 11.4. The van der Waals surface area contributed by atoms with Gasteiger partial charge >= 0.3 is 0 Å². The Morgan fingerprint density at radius 2 is 2.12 bits per heavy atom. The molecule has 0 amide bonds. The van der Waals surface area contributed by atoms with Crippen LogP contribution in [-0.4, -0.2) is 30.9 Å². The van der Waals surface area contributed by atoms with Crippen molar-refractivity contribution in [3.63, 3.8) is 0 Å². The maximum atomic E-state index is 11.4. The topological polar surface area (TPSA) is 59.1 Å². The van der Waals surface area contributed by atoms with Crippen LogP contribution in [0.1, 0.15) is 25.1 Å². The number of pyridine rings is 1. The van der Waals surface area contributed by atoms with E-state index in [-0.39, 0.29) is 17.5 Å². The lowest BCUT2D eigenvalue weighted by atomic mass is 10.2. The van der Waals surface area contributed by atoms with E-state index < -0.39 is 9.84 Å². The molecular weight excluding hydrogens is 236 g/mol. The lowest BCUT2D eigenvalue weighted by Crippen LogP contribution is -2.33. The fourth-order valence-corrected chi connectivity index (χ4v) is 2.57. The molecule has 1 N–H and O–H groups in total. The second-order valence-electron chi connectivity index (χ2n) is 4.29. The molecule has 17 heavy (non-hydrogen) atoms. The van der Waals surface area contributed by atoms with Crippen molar-refractivity contribution >= 4 is 9.84 Å². The number of hydrogen-bond acceptors (Lipinski definition) is 4. The first-order valence-electron chi connectivity index (χ1n) is 5.78. The van der Waals surface area contributed by atoms with Crippen LogP contribution in [0.3, 0.4) is 0 Å². The average molecular weight is 256 g/mol. The molecule has 0 spiro atoms. The van der Waals surface area contributed by atoms with Gasteiger partial charge in [0.1, 0.15) is 0 Å². The smallest absolute Gasteiger partial charge is 0.151 e. The van der Waals surface area contributed by atoms with E-state index in [9.17, 15) is 8.42 Å². The van der Waals surface area contributed by atoms with Gasteiger partial charge in [0.05, 0.1) is 5.75 Å². The highest BCUT2D eigenvalue weighted by Crippen LogP contribution is 2.00. The molecule has 1 aromatic rings. The largest absolute Gasteiger partial charge is 0.309 e. The van der Waals surface area contributed by atoms with Crippen LogP contribution >= 0.6 is 0 Å². The summed E-state index contributed by atoms with van der Waals surface area (Å²) in [5.74, 6) is 0.383. The third-order valence-electron chi connectivity index (χ3n) is 2.57. The van der Waals surface area contributed by atoms with Crippen LogP contribution in [0.5, 0.6) is 0 Å². The molecule has 1 rings (SSSR count). The van der Waals surface area contributed by atoms with E-state index in [0.29, 0.717) is 6.54 Å². The minimum atomic E-state index is -2.91. The molecule has 1 unspecified atom stereocenters. The molecule has 0 saturated carbocycles. The summed E-state index contributed by atoms with van der Waals surface area (Å²) >= 11 is 0. The zero-order chi connectivity index (χ0) is 12.9. The second-order valence-corrected chi connectivity index (χ2v) is 6.69. The molecule has 1 atom stereocenters. The highest BCUT2D eigenvalue weighted by molar-refractivity contribution is 7.91. The molecule has 0 saturated heterocycles. The van der Waals surface area contributed by atoms with Crippen LogP contribution in [0, 0.1) is 6.92 Å². The van der Waals surface area contributed by atoms with Crippen molar-refractivity contribution in [1.82, 2.24) is 10.3 Å². The molecule has 0 bridgehead atoms. The monoisotopic (exact) mass is 256 g/mol. The maximum Gasteiger partial charge on any atom is 0.151 e. The Bertz CT molecular complexity index is 440. The number of rotatable bonds is 6.